The predicted octanol–water partition coefficient (Wildman–Crippen LogP) is 3.23. The van der Waals surface area contributed by atoms with Crippen LogP contribution in [-0.4, -0.2) is 23.2 Å². The quantitative estimate of drug-likeness (QED) is 0.930. The van der Waals surface area contributed by atoms with Crippen molar-refractivity contribution in [1.82, 2.24) is 4.98 Å². The summed E-state index contributed by atoms with van der Waals surface area (Å²) in [4.78, 5) is 15.1. The highest BCUT2D eigenvalue weighted by atomic mass is 35.5. The Kier molecular flexibility index (Phi) is 3.87. The van der Waals surface area contributed by atoms with Crippen molar-refractivity contribution in [3.05, 3.63) is 47.0 Å². The van der Waals surface area contributed by atoms with E-state index in [9.17, 15) is 4.79 Å². The summed E-state index contributed by atoms with van der Waals surface area (Å²) in [5, 5.41) is 9.41. The van der Waals surface area contributed by atoms with Gasteiger partial charge >= 0.3 is 5.97 Å². The number of carboxylic acid groups (broad SMARTS) is 1. The summed E-state index contributed by atoms with van der Waals surface area (Å²) in [5.41, 5.74) is -0.0304. The van der Waals surface area contributed by atoms with E-state index in [0.717, 1.165) is 0 Å². The van der Waals surface area contributed by atoms with Gasteiger partial charge in [0.2, 0.25) is 11.8 Å². The molecule has 0 bridgehead atoms. The SMILES string of the molecule is COc1cccc(Oc2ccc(Cl)cc2C(=O)O)n1. The van der Waals surface area contributed by atoms with Crippen LogP contribution in [0.4, 0.5) is 0 Å². The number of aromatic nitrogens is 1. The Morgan fingerprint density at radius 3 is 2.68 bits per heavy atom. The highest BCUT2D eigenvalue weighted by Gasteiger charge is 2.13. The Hall–Kier alpha value is -2.27. The zero-order valence-electron chi connectivity index (χ0n) is 9.96. The molecule has 0 fully saturated rings. The maximum atomic E-state index is 11.1. The summed E-state index contributed by atoms with van der Waals surface area (Å²) < 4.78 is 10.4. The third-order valence-corrected chi connectivity index (χ3v) is 2.53. The van der Waals surface area contributed by atoms with Gasteiger partial charge in [0.25, 0.3) is 0 Å². The second-order valence-corrected chi connectivity index (χ2v) is 4.00. The zero-order chi connectivity index (χ0) is 13.8. The largest absolute Gasteiger partial charge is 0.481 e. The van der Waals surface area contributed by atoms with Crippen LogP contribution in [0.1, 0.15) is 10.4 Å². The van der Waals surface area contributed by atoms with Crippen molar-refractivity contribution in [3.8, 4) is 17.5 Å². The fourth-order valence-electron chi connectivity index (χ4n) is 1.44. The number of carboxylic acids is 1. The van der Waals surface area contributed by atoms with Crippen LogP contribution in [0.5, 0.6) is 17.5 Å². The molecule has 0 unspecified atom stereocenters. The average Bonchev–Trinajstić information content (AvgIpc) is 2.41. The van der Waals surface area contributed by atoms with Crippen molar-refractivity contribution < 1.29 is 19.4 Å². The minimum atomic E-state index is -1.12. The normalized spacial score (nSPS) is 10.0. The third kappa shape index (κ3) is 3.14. The topological polar surface area (TPSA) is 68.7 Å². The van der Waals surface area contributed by atoms with Crippen LogP contribution in [-0.2, 0) is 0 Å². The van der Waals surface area contributed by atoms with E-state index in [4.69, 9.17) is 26.2 Å². The molecular formula is C13H10ClNO4. The van der Waals surface area contributed by atoms with Crippen molar-refractivity contribution in [1.29, 1.82) is 0 Å². The lowest BCUT2D eigenvalue weighted by atomic mass is 10.2. The summed E-state index contributed by atoms with van der Waals surface area (Å²) in [7, 11) is 1.48. The van der Waals surface area contributed by atoms with Crippen LogP contribution in [0.15, 0.2) is 36.4 Å². The van der Waals surface area contributed by atoms with Gasteiger partial charge in [0.05, 0.1) is 7.11 Å². The smallest absolute Gasteiger partial charge is 0.339 e. The number of halogens is 1. The van der Waals surface area contributed by atoms with Gasteiger partial charge in [0.15, 0.2) is 0 Å². The number of carbonyl (C=O) groups is 1. The van der Waals surface area contributed by atoms with Gasteiger partial charge in [-0.1, -0.05) is 17.7 Å². The predicted molar refractivity (Wildman–Crippen MR) is 69.3 cm³/mol. The van der Waals surface area contributed by atoms with Crippen LogP contribution in [0.3, 0.4) is 0 Å². The monoisotopic (exact) mass is 279 g/mol. The molecule has 0 spiro atoms. The number of pyridine rings is 1. The second-order valence-electron chi connectivity index (χ2n) is 3.57. The molecule has 0 aliphatic rings. The Bertz CT molecular complexity index is 615. The Balaban J connectivity index is 2.34. The first-order valence-electron chi connectivity index (χ1n) is 5.32. The van der Waals surface area contributed by atoms with Crippen molar-refractivity contribution in [2.75, 3.05) is 7.11 Å². The molecule has 0 saturated heterocycles. The molecule has 2 aromatic rings. The molecule has 1 aromatic heterocycles. The summed E-state index contributed by atoms with van der Waals surface area (Å²) in [6.45, 7) is 0. The third-order valence-electron chi connectivity index (χ3n) is 2.29. The van der Waals surface area contributed by atoms with E-state index in [-0.39, 0.29) is 17.2 Å². The molecule has 0 atom stereocenters. The maximum absolute atomic E-state index is 11.1. The zero-order valence-corrected chi connectivity index (χ0v) is 10.7. The minimum Gasteiger partial charge on any atom is -0.481 e. The average molecular weight is 280 g/mol. The summed E-state index contributed by atoms with van der Waals surface area (Å²) in [6.07, 6.45) is 0. The van der Waals surface area contributed by atoms with Crippen LogP contribution >= 0.6 is 11.6 Å². The van der Waals surface area contributed by atoms with Gasteiger partial charge in [0.1, 0.15) is 11.3 Å². The fourth-order valence-corrected chi connectivity index (χ4v) is 1.61. The first-order valence-corrected chi connectivity index (χ1v) is 5.69. The highest BCUT2D eigenvalue weighted by molar-refractivity contribution is 6.31. The summed E-state index contributed by atoms with van der Waals surface area (Å²) in [5.74, 6) is -0.342. The van der Waals surface area contributed by atoms with E-state index < -0.39 is 5.97 Å². The fraction of sp³-hybridized carbons (Fsp3) is 0.0769. The minimum absolute atomic E-state index is 0.0304. The van der Waals surface area contributed by atoms with Crippen LogP contribution in [0, 0.1) is 0 Å². The number of ether oxygens (including phenoxy) is 2. The van der Waals surface area contributed by atoms with E-state index in [1.807, 2.05) is 0 Å². The lowest BCUT2D eigenvalue weighted by Crippen LogP contribution is -2.00. The van der Waals surface area contributed by atoms with E-state index >= 15 is 0 Å². The number of aromatic carboxylic acids is 1. The van der Waals surface area contributed by atoms with E-state index in [2.05, 4.69) is 4.98 Å². The Labute approximate surface area is 114 Å². The first kappa shape index (κ1) is 13.2. The van der Waals surface area contributed by atoms with Gasteiger partial charge in [-0.15, -0.1) is 0 Å². The molecule has 1 N–H and O–H groups in total. The highest BCUT2D eigenvalue weighted by Crippen LogP contribution is 2.27. The van der Waals surface area contributed by atoms with E-state index in [0.29, 0.717) is 10.9 Å². The van der Waals surface area contributed by atoms with E-state index in [1.54, 1.807) is 24.3 Å². The molecule has 0 radical (unpaired) electrons. The lowest BCUT2D eigenvalue weighted by molar-refractivity contribution is 0.0694. The number of hydrogen-bond donors (Lipinski definition) is 1. The second kappa shape index (κ2) is 5.58. The van der Waals surface area contributed by atoms with Gasteiger partial charge in [-0.05, 0) is 18.2 Å². The lowest BCUT2D eigenvalue weighted by Gasteiger charge is -2.08. The van der Waals surface area contributed by atoms with Gasteiger partial charge in [0, 0.05) is 17.2 Å². The summed E-state index contributed by atoms with van der Waals surface area (Å²) in [6, 6.07) is 9.29. The molecule has 0 aliphatic heterocycles. The molecule has 1 heterocycles. The molecule has 19 heavy (non-hydrogen) atoms. The van der Waals surface area contributed by atoms with Crippen LogP contribution in [0.25, 0.3) is 0 Å². The van der Waals surface area contributed by atoms with Crippen molar-refractivity contribution in [2.24, 2.45) is 0 Å². The number of nitrogens with zero attached hydrogens (tertiary/aromatic N) is 1. The Morgan fingerprint density at radius 2 is 2.00 bits per heavy atom. The summed E-state index contributed by atoms with van der Waals surface area (Å²) >= 11 is 5.76. The maximum Gasteiger partial charge on any atom is 0.339 e. The number of methoxy groups -OCH3 is 1. The van der Waals surface area contributed by atoms with Crippen molar-refractivity contribution >= 4 is 17.6 Å². The van der Waals surface area contributed by atoms with Gasteiger partial charge in [-0.25, -0.2) is 4.79 Å². The molecule has 98 valence electrons. The Morgan fingerprint density at radius 1 is 1.26 bits per heavy atom. The van der Waals surface area contributed by atoms with Crippen molar-refractivity contribution in [3.63, 3.8) is 0 Å². The first-order chi connectivity index (χ1) is 9.10. The number of hydrogen-bond acceptors (Lipinski definition) is 4. The van der Waals surface area contributed by atoms with Crippen molar-refractivity contribution in [2.45, 2.75) is 0 Å². The molecule has 0 aliphatic carbocycles. The molecule has 6 heteroatoms. The molecule has 2 rings (SSSR count). The molecule has 0 amide bonds. The van der Waals surface area contributed by atoms with E-state index in [1.165, 1.54) is 19.2 Å². The van der Waals surface area contributed by atoms with Crippen LogP contribution < -0.4 is 9.47 Å². The molecular weight excluding hydrogens is 270 g/mol. The van der Waals surface area contributed by atoms with Gasteiger partial charge in [-0.2, -0.15) is 4.98 Å². The van der Waals surface area contributed by atoms with Gasteiger partial charge in [-0.3, -0.25) is 0 Å². The number of rotatable bonds is 4. The molecule has 1 aromatic carbocycles. The van der Waals surface area contributed by atoms with Gasteiger partial charge < -0.3 is 14.6 Å². The number of benzene rings is 1. The molecule has 0 saturated carbocycles. The van der Waals surface area contributed by atoms with Crippen LogP contribution in [0.2, 0.25) is 5.02 Å². The standard InChI is InChI=1S/C13H10ClNO4/c1-18-11-3-2-4-12(15-11)19-10-6-5-8(14)7-9(10)13(16)17/h2-7H,1H3,(H,16,17). The molecule has 5 nitrogen and oxygen atoms in total.